The lowest BCUT2D eigenvalue weighted by Gasteiger charge is -2.11. The van der Waals surface area contributed by atoms with Gasteiger partial charge >= 0.3 is 0 Å². The Morgan fingerprint density at radius 2 is 1.95 bits per heavy atom. The fraction of sp³-hybridized carbons (Fsp3) is 0.133. The van der Waals surface area contributed by atoms with E-state index in [0.29, 0.717) is 29.5 Å². The molecule has 2 aromatic carbocycles. The van der Waals surface area contributed by atoms with E-state index in [-0.39, 0.29) is 0 Å². The molecule has 2 rings (SSSR count). The molecule has 0 fully saturated rings. The Balaban J connectivity index is 2.17. The van der Waals surface area contributed by atoms with Crippen LogP contribution >= 0.6 is 11.6 Å². The van der Waals surface area contributed by atoms with Crippen LogP contribution in [0.25, 0.3) is 0 Å². The summed E-state index contributed by atoms with van der Waals surface area (Å²) in [7, 11) is 0. The summed E-state index contributed by atoms with van der Waals surface area (Å²) in [6.07, 6.45) is 0. The molecule has 0 amide bonds. The fourth-order valence-electron chi connectivity index (χ4n) is 1.76. The predicted molar refractivity (Wildman–Crippen MR) is 74.8 cm³/mol. The van der Waals surface area contributed by atoms with E-state index in [0.717, 1.165) is 11.1 Å². The van der Waals surface area contributed by atoms with E-state index >= 15 is 0 Å². The van der Waals surface area contributed by atoms with Gasteiger partial charge in [-0.15, -0.1) is 0 Å². The molecule has 19 heavy (non-hydrogen) atoms. The molecule has 0 atom stereocenters. The van der Waals surface area contributed by atoms with Crippen molar-refractivity contribution >= 4 is 11.6 Å². The number of nitriles is 1. The Labute approximate surface area is 117 Å². The average molecular weight is 273 g/mol. The van der Waals surface area contributed by atoms with E-state index in [2.05, 4.69) is 6.07 Å². The number of halogens is 1. The number of rotatable bonds is 4. The Kier molecular flexibility index (Phi) is 4.40. The van der Waals surface area contributed by atoms with Crippen LogP contribution in [0.4, 0.5) is 0 Å². The van der Waals surface area contributed by atoms with Crippen molar-refractivity contribution in [3.8, 4) is 11.8 Å². The van der Waals surface area contributed by atoms with Gasteiger partial charge in [-0.3, -0.25) is 0 Å². The Bertz CT molecular complexity index is 620. The summed E-state index contributed by atoms with van der Waals surface area (Å²) < 4.78 is 5.72. The number of hydrogen-bond acceptors (Lipinski definition) is 3. The smallest absolute Gasteiger partial charge is 0.124 e. The minimum atomic E-state index is 0.332. The van der Waals surface area contributed by atoms with E-state index < -0.39 is 0 Å². The Hall–Kier alpha value is -2.02. The molecule has 96 valence electrons. The topological polar surface area (TPSA) is 59.0 Å². The van der Waals surface area contributed by atoms with E-state index in [4.69, 9.17) is 27.3 Å². The first kappa shape index (κ1) is 13.4. The van der Waals surface area contributed by atoms with Crippen LogP contribution in [0.5, 0.6) is 5.75 Å². The summed E-state index contributed by atoms with van der Waals surface area (Å²) >= 11 is 5.91. The molecule has 0 spiro atoms. The molecule has 0 aliphatic heterocycles. The first-order valence-corrected chi connectivity index (χ1v) is 6.21. The fourth-order valence-corrected chi connectivity index (χ4v) is 1.95. The quantitative estimate of drug-likeness (QED) is 0.929. The second-order valence-corrected chi connectivity index (χ2v) is 4.45. The molecule has 0 aliphatic rings. The molecule has 2 aromatic rings. The first-order valence-electron chi connectivity index (χ1n) is 5.84. The molecule has 0 saturated carbocycles. The number of benzene rings is 2. The van der Waals surface area contributed by atoms with Crippen LogP contribution in [0, 0.1) is 11.3 Å². The van der Waals surface area contributed by atoms with Crippen molar-refractivity contribution in [3.05, 3.63) is 64.2 Å². The van der Waals surface area contributed by atoms with Crippen LogP contribution < -0.4 is 10.5 Å². The molecule has 0 aromatic heterocycles. The lowest BCUT2D eigenvalue weighted by molar-refractivity contribution is 0.302. The third-order valence-corrected chi connectivity index (χ3v) is 3.00. The molecule has 0 radical (unpaired) electrons. The normalized spacial score (nSPS) is 9.95. The van der Waals surface area contributed by atoms with E-state index in [9.17, 15) is 0 Å². The molecule has 0 aliphatic carbocycles. The third kappa shape index (κ3) is 3.25. The second kappa shape index (κ2) is 6.24. The summed E-state index contributed by atoms with van der Waals surface area (Å²) in [5.74, 6) is 0.694. The van der Waals surface area contributed by atoms with Crippen molar-refractivity contribution in [3.63, 3.8) is 0 Å². The van der Waals surface area contributed by atoms with Crippen LogP contribution in [-0.2, 0) is 13.2 Å². The molecule has 0 heterocycles. The molecule has 2 N–H and O–H groups in total. The highest BCUT2D eigenvalue weighted by atomic mass is 35.5. The number of nitrogens with two attached hydrogens (primary N) is 1. The van der Waals surface area contributed by atoms with Crippen molar-refractivity contribution < 1.29 is 4.74 Å². The highest BCUT2D eigenvalue weighted by Crippen LogP contribution is 2.23. The van der Waals surface area contributed by atoms with Gasteiger partial charge in [-0.2, -0.15) is 5.26 Å². The van der Waals surface area contributed by atoms with Gasteiger partial charge in [0.1, 0.15) is 12.4 Å². The van der Waals surface area contributed by atoms with E-state index in [1.807, 2.05) is 18.2 Å². The molecule has 0 bridgehead atoms. The maximum Gasteiger partial charge on any atom is 0.124 e. The Morgan fingerprint density at radius 3 is 2.68 bits per heavy atom. The first-order chi connectivity index (χ1) is 9.24. The zero-order chi connectivity index (χ0) is 13.7. The minimum Gasteiger partial charge on any atom is -0.489 e. The highest BCUT2D eigenvalue weighted by molar-refractivity contribution is 6.30. The molecule has 0 unspecified atom stereocenters. The third-order valence-electron chi connectivity index (χ3n) is 2.76. The lowest BCUT2D eigenvalue weighted by Crippen LogP contribution is -2.03. The average Bonchev–Trinajstić information content (AvgIpc) is 2.46. The summed E-state index contributed by atoms with van der Waals surface area (Å²) in [6, 6.07) is 14.8. The maximum absolute atomic E-state index is 9.01. The van der Waals surface area contributed by atoms with Crippen molar-refractivity contribution in [2.75, 3.05) is 0 Å². The standard InChI is InChI=1S/C15H13ClN2O/c16-14-5-6-15(13(7-14)9-18)19-10-12-4-2-1-3-11(12)8-17/h1-7H,9-10,18H2. The van der Waals surface area contributed by atoms with Crippen molar-refractivity contribution in [2.24, 2.45) is 5.73 Å². The van der Waals surface area contributed by atoms with Crippen LogP contribution in [-0.4, -0.2) is 0 Å². The van der Waals surface area contributed by atoms with Crippen molar-refractivity contribution in [2.45, 2.75) is 13.2 Å². The highest BCUT2D eigenvalue weighted by Gasteiger charge is 2.06. The van der Waals surface area contributed by atoms with Gasteiger partial charge in [-0.1, -0.05) is 29.8 Å². The van der Waals surface area contributed by atoms with E-state index in [1.54, 1.807) is 24.3 Å². The van der Waals surface area contributed by atoms with E-state index in [1.165, 1.54) is 0 Å². The monoisotopic (exact) mass is 272 g/mol. The summed E-state index contributed by atoms with van der Waals surface area (Å²) in [5.41, 5.74) is 7.97. The van der Waals surface area contributed by atoms with Crippen LogP contribution in [0.2, 0.25) is 5.02 Å². The van der Waals surface area contributed by atoms with Gasteiger partial charge in [0.2, 0.25) is 0 Å². The van der Waals surface area contributed by atoms with Crippen molar-refractivity contribution in [1.82, 2.24) is 0 Å². The summed E-state index contributed by atoms with van der Waals surface area (Å²) in [4.78, 5) is 0. The van der Waals surface area contributed by atoms with Crippen LogP contribution in [0.1, 0.15) is 16.7 Å². The van der Waals surface area contributed by atoms with Crippen LogP contribution in [0.15, 0.2) is 42.5 Å². The minimum absolute atomic E-state index is 0.332. The largest absolute Gasteiger partial charge is 0.489 e. The lowest BCUT2D eigenvalue weighted by atomic mass is 10.1. The van der Waals surface area contributed by atoms with Gasteiger partial charge in [0.15, 0.2) is 0 Å². The maximum atomic E-state index is 9.01. The van der Waals surface area contributed by atoms with Gasteiger partial charge in [0, 0.05) is 22.7 Å². The van der Waals surface area contributed by atoms with Gasteiger partial charge in [0.05, 0.1) is 11.6 Å². The van der Waals surface area contributed by atoms with Crippen LogP contribution in [0.3, 0.4) is 0 Å². The molecule has 3 nitrogen and oxygen atoms in total. The zero-order valence-corrected chi connectivity index (χ0v) is 11.0. The summed E-state index contributed by atoms with van der Waals surface area (Å²) in [5, 5.41) is 9.64. The molecular formula is C15H13ClN2O. The molecule has 0 saturated heterocycles. The Morgan fingerprint density at radius 1 is 1.16 bits per heavy atom. The molecule has 4 heteroatoms. The van der Waals surface area contributed by atoms with Gasteiger partial charge in [-0.25, -0.2) is 0 Å². The number of ether oxygens (including phenoxy) is 1. The van der Waals surface area contributed by atoms with Crippen molar-refractivity contribution in [1.29, 1.82) is 5.26 Å². The molecular weight excluding hydrogens is 260 g/mol. The second-order valence-electron chi connectivity index (χ2n) is 4.01. The van der Waals surface area contributed by atoms with Gasteiger partial charge in [0.25, 0.3) is 0 Å². The SMILES string of the molecule is N#Cc1ccccc1COc1ccc(Cl)cc1CN. The zero-order valence-electron chi connectivity index (χ0n) is 10.3. The predicted octanol–water partition coefficient (Wildman–Crippen LogP) is 3.25. The number of nitrogens with zero attached hydrogens (tertiary/aromatic N) is 1. The van der Waals surface area contributed by atoms with Gasteiger partial charge < -0.3 is 10.5 Å². The number of hydrogen-bond donors (Lipinski definition) is 1. The van der Waals surface area contributed by atoms with Gasteiger partial charge in [-0.05, 0) is 24.3 Å². The summed E-state index contributed by atoms with van der Waals surface area (Å²) in [6.45, 7) is 0.689.